The summed E-state index contributed by atoms with van der Waals surface area (Å²) < 4.78 is 5.53. The van der Waals surface area contributed by atoms with Gasteiger partial charge in [-0.15, -0.1) is 0 Å². The van der Waals surface area contributed by atoms with E-state index in [4.69, 9.17) is 4.74 Å². The Balaban J connectivity index is 3.01. The largest absolute Gasteiger partial charge is 0.494 e. The summed E-state index contributed by atoms with van der Waals surface area (Å²) in [5, 5.41) is 12.4. The molecule has 1 aromatic carbocycles. The van der Waals surface area contributed by atoms with Crippen LogP contribution in [0, 0.1) is 24.2 Å². The SMILES string of the molecule is CCOc1ccc(C(NC)C(C#N)CC)cc1C. The van der Waals surface area contributed by atoms with Crippen molar-refractivity contribution in [2.75, 3.05) is 13.7 Å². The van der Waals surface area contributed by atoms with Gasteiger partial charge in [0.25, 0.3) is 0 Å². The van der Waals surface area contributed by atoms with E-state index in [0.29, 0.717) is 6.61 Å². The topological polar surface area (TPSA) is 45.0 Å². The quantitative estimate of drug-likeness (QED) is 0.838. The molecule has 0 radical (unpaired) electrons. The van der Waals surface area contributed by atoms with Gasteiger partial charge in [-0.1, -0.05) is 19.1 Å². The zero-order valence-electron chi connectivity index (χ0n) is 11.7. The molecule has 0 bridgehead atoms. The molecule has 2 unspecified atom stereocenters. The molecular weight excluding hydrogens is 224 g/mol. The summed E-state index contributed by atoms with van der Waals surface area (Å²) in [5.41, 5.74) is 2.26. The van der Waals surface area contributed by atoms with Crippen molar-refractivity contribution in [3.63, 3.8) is 0 Å². The fraction of sp³-hybridized carbons (Fsp3) is 0.533. The molecule has 1 aromatic rings. The van der Waals surface area contributed by atoms with Crippen LogP contribution in [0.2, 0.25) is 0 Å². The molecular formula is C15H22N2O. The lowest BCUT2D eigenvalue weighted by Gasteiger charge is -2.22. The molecule has 0 spiro atoms. The van der Waals surface area contributed by atoms with Crippen LogP contribution in [-0.4, -0.2) is 13.7 Å². The minimum Gasteiger partial charge on any atom is -0.494 e. The molecule has 0 aliphatic rings. The third-order valence-electron chi connectivity index (χ3n) is 3.18. The van der Waals surface area contributed by atoms with Gasteiger partial charge in [-0.3, -0.25) is 0 Å². The van der Waals surface area contributed by atoms with E-state index in [-0.39, 0.29) is 12.0 Å². The fourth-order valence-electron chi connectivity index (χ4n) is 2.19. The van der Waals surface area contributed by atoms with Crippen molar-refractivity contribution in [2.45, 2.75) is 33.2 Å². The van der Waals surface area contributed by atoms with Gasteiger partial charge in [0.05, 0.1) is 18.6 Å². The Kier molecular flexibility index (Phi) is 5.67. The summed E-state index contributed by atoms with van der Waals surface area (Å²) >= 11 is 0. The summed E-state index contributed by atoms with van der Waals surface area (Å²) in [6.45, 7) is 6.73. The van der Waals surface area contributed by atoms with Crippen LogP contribution in [-0.2, 0) is 0 Å². The van der Waals surface area contributed by atoms with Crippen molar-refractivity contribution >= 4 is 0 Å². The Morgan fingerprint density at radius 3 is 2.56 bits per heavy atom. The highest BCUT2D eigenvalue weighted by molar-refractivity contribution is 5.38. The van der Waals surface area contributed by atoms with Crippen LogP contribution >= 0.6 is 0 Å². The molecule has 0 saturated carbocycles. The fourth-order valence-corrected chi connectivity index (χ4v) is 2.19. The van der Waals surface area contributed by atoms with E-state index in [1.165, 1.54) is 0 Å². The van der Waals surface area contributed by atoms with E-state index in [2.05, 4.69) is 17.5 Å². The Hall–Kier alpha value is -1.53. The summed E-state index contributed by atoms with van der Waals surface area (Å²) in [6.07, 6.45) is 0.842. The smallest absolute Gasteiger partial charge is 0.122 e. The number of hydrogen-bond acceptors (Lipinski definition) is 3. The van der Waals surface area contributed by atoms with Gasteiger partial charge < -0.3 is 10.1 Å². The molecule has 18 heavy (non-hydrogen) atoms. The first-order valence-electron chi connectivity index (χ1n) is 6.48. The lowest BCUT2D eigenvalue weighted by molar-refractivity contribution is 0.337. The lowest BCUT2D eigenvalue weighted by atomic mass is 9.91. The van der Waals surface area contributed by atoms with Crippen molar-refractivity contribution in [3.05, 3.63) is 29.3 Å². The van der Waals surface area contributed by atoms with Crippen molar-refractivity contribution in [1.82, 2.24) is 5.32 Å². The molecule has 1 rings (SSSR count). The number of nitrogens with zero attached hydrogens (tertiary/aromatic N) is 1. The second kappa shape index (κ2) is 7.03. The van der Waals surface area contributed by atoms with Crippen LogP contribution in [0.1, 0.15) is 37.4 Å². The summed E-state index contributed by atoms with van der Waals surface area (Å²) in [5.74, 6) is 0.911. The van der Waals surface area contributed by atoms with E-state index in [9.17, 15) is 5.26 Å². The number of rotatable bonds is 6. The maximum atomic E-state index is 9.18. The van der Waals surface area contributed by atoms with E-state index in [0.717, 1.165) is 23.3 Å². The third kappa shape index (κ3) is 3.24. The first kappa shape index (κ1) is 14.5. The molecule has 1 N–H and O–H groups in total. The summed E-state index contributed by atoms with van der Waals surface area (Å²) in [7, 11) is 1.90. The van der Waals surface area contributed by atoms with E-state index >= 15 is 0 Å². The van der Waals surface area contributed by atoms with E-state index < -0.39 is 0 Å². The van der Waals surface area contributed by atoms with Gasteiger partial charge in [0.15, 0.2) is 0 Å². The van der Waals surface area contributed by atoms with E-state index in [1.54, 1.807) is 0 Å². The first-order chi connectivity index (χ1) is 8.67. The summed E-state index contributed by atoms with van der Waals surface area (Å²) in [6, 6.07) is 8.58. The number of ether oxygens (including phenoxy) is 1. The van der Waals surface area contributed by atoms with Gasteiger partial charge in [-0.05, 0) is 44.5 Å². The molecule has 0 aliphatic carbocycles. The number of nitrogens with one attached hydrogen (secondary N) is 1. The molecule has 2 atom stereocenters. The zero-order chi connectivity index (χ0) is 13.5. The number of nitriles is 1. The maximum absolute atomic E-state index is 9.18. The average molecular weight is 246 g/mol. The van der Waals surface area contributed by atoms with Gasteiger partial charge in [0.2, 0.25) is 0 Å². The number of hydrogen-bond donors (Lipinski definition) is 1. The van der Waals surface area contributed by atoms with E-state index in [1.807, 2.05) is 40.0 Å². The van der Waals surface area contributed by atoms with Crippen LogP contribution in [0.25, 0.3) is 0 Å². The molecule has 0 amide bonds. The van der Waals surface area contributed by atoms with Gasteiger partial charge in [-0.2, -0.15) is 5.26 Å². The van der Waals surface area contributed by atoms with Crippen LogP contribution < -0.4 is 10.1 Å². The third-order valence-corrected chi connectivity index (χ3v) is 3.18. The highest BCUT2D eigenvalue weighted by Gasteiger charge is 2.20. The molecule has 3 heteroatoms. The molecule has 0 fully saturated rings. The second-order valence-electron chi connectivity index (χ2n) is 4.37. The first-order valence-corrected chi connectivity index (χ1v) is 6.48. The van der Waals surface area contributed by atoms with Crippen molar-refractivity contribution in [2.24, 2.45) is 5.92 Å². The summed E-state index contributed by atoms with van der Waals surface area (Å²) in [4.78, 5) is 0. The van der Waals surface area contributed by atoms with Gasteiger partial charge in [0, 0.05) is 6.04 Å². The van der Waals surface area contributed by atoms with Crippen LogP contribution in [0.4, 0.5) is 0 Å². The molecule has 0 aromatic heterocycles. The molecule has 0 heterocycles. The normalized spacial score (nSPS) is 13.7. The maximum Gasteiger partial charge on any atom is 0.122 e. The van der Waals surface area contributed by atoms with Crippen molar-refractivity contribution < 1.29 is 4.74 Å². The van der Waals surface area contributed by atoms with Crippen LogP contribution in [0.5, 0.6) is 5.75 Å². The Morgan fingerprint density at radius 2 is 2.11 bits per heavy atom. The van der Waals surface area contributed by atoms with Crippen LogP contribution in [0.3, 0.4) is 0 Å². The Labute approximate surface area is 110 Å². The van der Waals surface area contributed by atoms with Crippen molar-refractivity contribution in [3.8, 4) is 11.8 Å². The minimum absolute atomic E-state index is 0.00709. The highest BCUT2D eigenvalue weighted by atomic mass is 16.5. The Morgan fingerprint density at radius 1 is 1.39 bits per heavy atom. The predicted octanol–water partition coefficient (Wildman–Crippen LogP) is 3.20. The molecule has 0 saturated heterocycles. The average Bonchev–Trinajstić information content (AvgIpc) is 2.38. The number of benzene rings is 1. The molecule has 0 aliphatic heterocycles. The standard InChI is InChI=1S/C15H22N2O/c1-5-12(10-16)15(17-4)13-7-8-14(18-6-2)11(3)9-13/h7-9,12,15,17H,5-6H2,1-4H3. The Bertz CT molecular complexity index is 423. The highest BCUT2D eigenvalue weighted by Crippen LogP contribution is 2.28. The van der Waals surface area contributed by atoms with Crippen molar-refractivity contribution in [1.29, 1.82) is 5.26 Å². The van der Waals surface area contributed by atoms with Gasteiger partial charge in [0.1, 0.15) is 5.75 Å². The predicted molar refractivity (Wildman–Crippen MR) is 73.5 cm³/mol. The van der Waals surface area contributed by atoms with Gasteiger partial charge in [-0.25, -0.2) is 0 Å². The second-order valence-corrected chi connectivity index (χ2v) is 4.37. The molecule has 98 valence electrons. The number of aryl methyl sites for hydroxylation is 1. The van der Waals surface area contributed by atoms with Gasteiger partial charge >= 0.3 is 0 Å². The molecule has 3 nitrogen and oxygen atoms in total. The lowest BCUT2D eigenvalue weighted by Crippen LogP contribution is -2.24. The van der Waals surface area contributed by atoms with Crippen LogP contribution in [0.15, 0.2) is 18.2 Å². The monoisotopic (exact) mass is 246 g/mol. The minimum atomic E-state index is -0.00709. The zero-order valence-corrected chi connectivity index (χ0v) is 11.7.